The van der Waals surface area contributed by atoms with Crippen LogP contribution in [0.15, 0.2) is 71.8 Å². The third kappa shape index (κ3) is 4.77. The molecule has 0 aliphatic heterocycles. The molecule has 6 heteroatoms. The van der Waals surface area contributed by atoms with Crippen LogP contribution < -0.4 is 5.56 Å². The average Bonchev–Trinajstić information content (AvgIpc) is 3.22. The molecule has 0 radical (unpaired) electrons. The summed E-state index contributed by atoms with van der Waals surface area (Å²) in [6.07, 6.45) is 1.26. The first-order valence-electron chi connectivity index (χ1n) is 10.4. The van der Waals surface area contributed by atoms with Crippen molar-refractivity contribution in [2.45, 2.75) is 39.0 Å². The van der Waals surface area contributed by atoms with Gasteiger partial charge in [-0.05, 0) is 36.1 Å². The standard InChI is InChI=1S/C25H26N2O3S/c1-3-20-13-22-24(31-20)26-16-27(25(22)29)14-19(28)15-30-23(18-10-5-4-6-11-18)21-12-8-7-9-17(21)2/h4-13,16,19,23,28H,3,14-15H2,1-2H3. The van der Waals surface area contributed by atoms with Gasteiger partial charge >= 0.3 is 0 Å². The van der Waals surface area contributed by atoms with Crippen molar-refractivity contribution in [3.8, 4) is 0 Å². The van der Waals surface area contributed by atoms with Crippen LogP contribution in [0.1, 0.15) is 34.6 Å². The van der Waals surface area contributed by atoms with E-state index >= 15 is 0 Å². The van der Waals surface area contributed by atoms with Crippen LogP contribution in [0.25, 0.3) is 10.2 Å². The number of aryl methyl sites for hydroxylation is 2. The van der Waals surface area contributed by atoms with Crippen LogP contribution in [0.2, 0.25) is 0 Å². The van der Waals surface area contributed by atoms with Crippen LogP contribution in [0, 0.1) is 6.92 Å². The predicted molar refractivity (Wildman–Crippen MR) is 125 cm³/mol. The fraction of sp³-hybridized carbons (Fsp3) is 0.280. The quantitative estimate of drug-likeness (QED) is 0.444. The Labute approximate surface area is 185 Å². The number of aliphatic hydroxyl groups is 1. The Hall–Kier alpha value is -2.80. The second kappa shape index (κ2) is 9.56. The van der Waals surface area contributed by atoms with E-state index in [9.17, 15) is 9.90 Å². The molecule has 0 fully saturated rings. The molecule has 0 amide bonds. The van der Waals surface area contributed by atoms with Gasteiger partial charge in [0.05, 0.1) is 31.0 Å². The molecule has 2 heterocycles. The molecular formula is C25H26N2O3S. The summed E-state index contributed by atoms with van der Waals surface area (Å²) >= 11 is 1.54. The zero-order valence-corrected chi connectivity index (χ0v) is 18.5. The lowest BCUT2D eigenvalue weighted by molar-refractivity contribution is -0.00118. The number of hydrogen-bond acceptors (Lipinski definition) is 5. The lowest BCUT2D eigenvalue weighted by atomic mass is 9.97. The molecule has 4 aromatic rings. The summed E-state index contributed by atoms with van der Waals surface area (Å²) in [7, 11) is 0. The minimum absolute atomic E-state index is 0.0994. The maximum atomic E-state index is 12.8. The monoisotopic (exact) mass is 434 g/mol. The van der Waals surface area contributed by atoms with E-state index < -0.39 is 6.10 Å². The fourth-order valence-corrected chi connectivity index (χ4v) is 4.60. The van der Waals surface area contributed by atoms with Crippen molar-refractivity contribution in [3.63, 3.8) is 0 Å². The van der Waals surface area contributed by atoms with E-state index in [4.69, 9.17) is 4.74 Å². The highest BCUT2D eigenvalue weighted by Gasteiger charge is 2.19. The van der Waals surface area contributed by atoms with E-state index in [1.165, 1.54) is 22.2 Å². The number of aliphatic hydroxyl groups excluding tert-OH is 1. The number of nitrogens with zero attached hydrogens (tertiary/aromatic N) is 2. The number of rotatable bonds is 8. The Balaban J connectivity index is 1.51. The smallest absolute Gasteiger partial charge is 0.262 e. The van der Waals surface area contributed by atoms with Crippen molar-refractivity contribution in [2.24, 2.45) is 0 Å². The van der Waals surface area contributed by atoms with Gasteiger partial charge in [0.1, 0.15) is 10.9 Å². The van der Waals surface area contributed by atoms with Crippen LogP contribution >= 0.6 is 11.3 Å². The maximum Gasteiger partial charge on any atom is 0.262 e. The maximum absolute atomic E-state index is 12.8. The lowest BCUT2D eigenvalue weighted by Crippen LogP contribution is -2.30. The summed E-state index contributed by atoms with van der Waals surface area (Å²) in [5, 5.41) is 11.3. The van der Waals surface area contributed by atoms with E-state index in [-0.39, 0.29) is 24.8 Å². The number of fused-ring (bicyclic) bond motifs is 1. The topological polar surface area (TPSA) is 64.4 Å². The highest BCUT2D eigenvalue weighted by atomic mass is 32.1. The fourth-order valence-electron chi connectivity index (χ4n) is 3.68. The molecule has 2 aromatic heterocycles. The highest BCUT2D eigenvalue weighted by molar-refractivity contribution is 7.18. The van der Waals surface area contributed by atoms with Gasteiger partial charge in [0.25, 0.3) is 5.56 Å². The van der Waals surface area contributed by atoms with E-state index in [0.29, 0.717) is 5.39 Å². The molecule has 0 saturated heterocycles. The van der Waals surface area contributed by atoms with E-state index in [2.05, 4.69) is 24.9 Å². The summed E-state index contributed by atoms with van der Waals surface area (Å²) in [5.74, 6) is 0. The van der Waals surface area contributed by atoms with Crippen molar-refractivity contribution >= 4 is 21.6 Å². The summed E-state index contributed by atoms with van der Waals surface area (Å²) < 4.78 is 7.66. The number of thiophene rings is 1. The van der Waals surface area contributed by atoms with Crippen molar-refractivity contribution in [3.05, 3.63) is 98.9 Å². The normalized spacial score (nSPS) is 13.4. The largest absolute Gasteiger partial charge is 0.389 e. The zero-order valence-electron chi connectivity index (χ0n) is 17.7. The molecule has 2 unspecified atom stereocenters. The average molecular weight is 435 g/mol. The number of ether oxygens (including phenoxy) is 1. The Bertz CT molecular complexity index is 1220. The van der Waals surface area contributed by atoms with Crippen LogP contribution in [-0.4, -0.2) is 27.4 Å². The van der Waals surface area contributed by atoms with Crippen molar-refractivity contribution in [1.82, 2.24) is 9.55 Å². The van der Waals surface area contributed by atoms with Crippen molar-refractivity contribution < 1.29 is 9.84 Å². The van der Waals surface area contributed by atoms with Crippen LogP contribution in [-0.2, 0) is 17.7 Å². The SMILES string of the molecule is CCc1cc2c(=O)n(CC(O)COC(c3ccccc3)c3ccccc3C)cnc2s1. The zero-order chi connectivity index (χ0) is 21.8. The Kier molecular flexibility index (Phi) is 6.61. The van der Waals surface area contributed by atoms with Gasteiger partial charge in [0.2, 0.25) is 0 Å². The van der Waals surface area contributed by atoms with Crippen molar-refractivity contribution in [2.75, 3.05) is 6.61 Å². The molecule has 2 atom stereocenters. The number of benzene rings is 2. The third-order valence-corrected chi connectivity index (χ3v) is 6.54. The minimum Gasteiger partial charge on any atom is -0.389 e. The molecule has 0 bridgehead atoms. The molecule has 5 nitrogen and oxygen atoms in total. The second-order valence-corrected chi connectivity index (χ2v) is 8.74. The van der Waals surface area contributed by atoms with Crippen LogP contribution in [0.5, 0.6) is 0 Å². The molecule has 0 aliphatic carbocycles. The Morgan fingerprint density at radius 1 is 1.13 bits per heavy atom. The van der Waals surface area contributed by atoms with Gasteiger partial charge in [-0.2, -0.15) is 0 Å². The minimum atomic E-state index is -0.837. The van der Waals surface area contributed by atoms with E-state index in [1.807, 2.05) is 54.6 Å². The first-order valence-corrected chi connectivity index (χ1v) is 11.3. The summed E-state index contributed by atoms with van der Waals surface area (Å²) in [6, 6.07) is 20.0. The molecule has 0 aliphatic rings. The summed E-state index contributed by atoms with van der Waals surface area (Å²) in [5.41, 5.74) is 3.08. The molecular weight excluding hydrogens is 408 g/mol. The van der Waals surface area contributed by atoms with Gasteiger partial charge in [-0.1, -0.05) is 61.5 Å². The van der Waals surface area contributed by atoms with Gasteiger partial charge in [0, 0.05) is 4.88 Å². The Morgan fingerprint density at radius 3 is 2.61 bits per heavy atom. The highest BCUT2D eigenvalue weighted by Crippen LogP contribution is 2.28. The lowest BCUT2D eigenvalue weighted by Gasteiger charge is -2.22. The molecule has 31 heavy (non-hydrogen) atoms. The molecule has 1 N–H and O–H groups in total. The molecule has 0 saturated carbocycles. The molecule has 4 rings (SSSR count). The second-order valence-electron chi connectivity index (χ2n) is 7.62. The van der Waals surface area contributed by atoms with E-state index in [1.54, 1.807) is 0 Å². The number of aromatic nitrogens is 2. The predicted octanol–water partition coefficient (Wildman–Crippen LogP) is 4.50. The van der Waals surface area contributed by atoms with Gasteiger partial charge in [0.15, 0.2) is 0 Å². The summed E-state index contributed by atoms with van der Waals surface area (Å²) in [6.45, 7) is 4.34. The number of hydrogen-bond donors (Lipinski definition) is 1. The first kappa shape index (κ1) is 21.4. The van der Waals surface area contributed by atoms with Gasteiger partial charge in [-0.15, -0.1) is 11.3 Å². The van der Waals surface area contributed by atoms with Crippen molar-refractivity contribution in [1.29, 1.82) is 0 Å². The summed E-state index contributed by atoms with van der Waals surface area (Å²) in [4.78, 5) is 19.1. The Morgan fingerprint density at radius 2 is 1.87 bits per heavy atom. The molecule has 0 spiro atoms. The van der Waals surface area contributed by atoms with Gasteiger partial charge in [-0.25, -0.2) is 4.98 Å². The molecule has 2 aromatic carbocycles. The van der Waals surface area contributed by atoms with Gasteiger partial charge < -0.3 is 9.84 Å². The van der Waals surface area contributed by atoms with Crippen LogP contribution in [0.4, 0.5) is 0 Å². The molecule has 160 valence electrons. The van der Waals surface area contributed by atoms with Gasteiger partial charge in [-0.3, -0.25) is 9.36 Å². The van der Waals surface area contributed by atoms with Crippen LogP contribution in [0.3, 0.4) is 0 Å². The first-order chi connectivity index (χ1) is 15.1. The van der Waals surface area contributed by atoms with E-state index in [0.717, 1.165) is 32.8 Å². The third-order valence-electron chi connectivity index (χ3n) is 5.35.